The molecular formula is C11H22N2O3. The number of morpholine rings is 1. The molecule has 1 amide bonds. The van der Waals surface area contributed by atoms with Crippen molar-refractivity contribution in [1.82, 2.24) is 9.80 Å². The Morgan fingerprint density at radius 3 is 2.94 bits per heavy atom. The molecule has 16 heavy (non-hydrogen) atoms. The van der Waals surface area contributed by atoms with Crippen LogP contribution in [0.4, 0.5) is 0 Å². The summed E-state index contributed by atoms with van der Waals surface area (Å²) in [5.41, 5.74) is 0. The Labute approximate surface area is 97.0 Å². The number of hydrogen-bond donors (Lipinski definition) is 1. The number of aliphatic hydroxyl groups is 1. The molecule has 5 nitrogen and oxygen atoms in total. The van der Waals surface area contributed by atoms with Crippen molar-refractivity contribution in [3.63, 3.8) is 0 Å². The highest BCUT2D eigenvalue weighted by molar-refractivity contribution is 5.75. The molecule has 1 atom stereocenters. The van der Waals surface area contributed by atoms with E-state index in [9.17, 15) is 4.79 Å². The lowest BCUT2D eigenvalue weighted by atomic mass is 10.2. The molecule has 1 aliphatic rings. The number of hydrogen-bond acceptors (Lipinski definition) is 4. The van der Waals surface area contributed by atoms with E-state index < -0.39 is 0 Å². The molecule has 1 N–H and O–H groups in total. The lowest BCUT2D eigenvalue weighted by Crippen LogP contribution is -2.44. The molecule has 1 unspecified atom stereocenters. The van der Waals surface area contributed by atoms with Gasteiger partial charge in [0.25, 0.3) is 0 Å². The maximum Gasteiger partial charge on any atom is 0.222 e. The summed E-state index contributed by atoms with van der Waals surface area (Å²) < 4.78 is 5.36. The Bertz CT molecular complexity index is 221. The first-order chi connectivity index (χ1) is 7.63. The van der Waals surface area contributed by atoms with Crippen LogP contribution in [0.3, 0.4) is 0 Å². The molecule has 0 aromatic carbocycles. The second kappa shape index (κ2) is 6.83. The normalized spacial score (nSPS) is 22.1. The Hall–Kier alpha value is -0.650. The number of nitrogens with zero attached hydrogens (tertiary/aromatic N) is 2. The second-order valence-electron chi connectivity index (χ2n) is 4.37. The van der Waals surface area contributed by atoms with E-state index in [1.54, 1.807) is 19.0 Å². The number of ether oxygens (including phenoxy) is 1. The van der Waals surface area contributed by atoms with E-state index in [1.807, 2.05) is 0 Å². The highest BCUT2D eigenvalue weighted by Gasteiger charge is 2.19. The minimum atomic E-state index is -0.0571. The summed E-state index contributed by atoms with van der Waals surface area (Å²) in [6.07, 6.45) is 1.40. The molecule has 0 spiro atoms. The zero-order valence-corrected chi connectivity index (χ0v) is 10.2. The maximum absolute atomic E-state index is 11.3. The van der Waals surface area contributed by atoms with Gasteiger partial charge in [-0.1, -0.05) is 0 Å². The molecule has 94 valence electrons. The summed E-state index contributed by atoms with van der Waals surface area (Å²) in [7, 11) is 3.55. The van der Waals surface area contributed by atoms with Gasteiger partial charge < -0.3 is 14.7 Å². The minimum absolute atomic E-state index is 0.0571. The van der Waals surface area contributed by atoms with Crippen LogP contribution in [0.15, 0.2) is 0 Å². The van der Waals surface area contributed by atoms with Crippen molar-refractivity contribution in [3.8, 4) is 0 Å². The van der Waals surface area contributed by atoms with Crippen LogP contribution in [0.2, 0.25) is 0 Å². The predicted octanol–water partition coefficient (Wildman–Crippen LogP) is -0.452. The Morgan fingerprint density at radius 1 is 1.56 bits per heavy atom. The van der Waals surface area contributed by atoms with Gasteiger partial charge >= 0.3 is 0 Å². The van der Waals surface area contributed by atoms with Gasteiger partial charge in [0.05, 0.1) is 19.3 Å². The van der Waals surface area contributed by atoms with Crippen LogP contribution in [0.5, 0.6) is 0 Å². The zero-order valence-electron chi connectivity index (χ0n) is 10.2. The van der Waals surface area contributed by atoms with Gasteiger partial charge in [0.2, 0.25) is 5.91 Å². The second-order valence-corrected chi connectivity index (χ2v) is 4.37. The monoisotopic (exact) mass is 230 g/mol. The smallest absolute Gasteiger partial charge is 0.222 e. The van der Waals surface area contributed by atoms with Gasteiger partial charge in [0.1, 0.15) is 0 Å². The molecule has 5 heteroatoms. The number of aliphatic hydroxyl groups excluding tert-OH is 1. The number of rotatable bonds is 5. The van der Waals surface area contributed by atoms with Crippen molar-refractivity contribution in [1.29, 1.82) is 0 Å². The first kappa shape index (κ1) is 13.4. The van der Waals surface area contributed by atoms with Crippen molar-refractivity contribution in [3.05, 3.63) is 0 Å². The van der Waals surface area contributed by atoms with Crippen molar-refractivity contribution in [2.24, 2.45) is 0 Å². The number of carbonyl (C=O) groups is 1. The number of carbonyl (C=O) groups excluding carboxylic acids is 1. The van der Waals surface area contributed by atoms with Crippen LogP contribution in [0.25, 0.3) is 0 Å². The van der Waals surface area contributed by atoms with E-state index in [-0.39, 0.29) is 18.6 Å². The third kappa shape index (κ3) is 4.47. The van der Waals surface area contributed by atoms with Gasteiger partial charge in [-0.2, -0.15) is 0 Å². The van der Waals surface area contributed by atoms with E-state index in [0.717, 1.165) is 26.1 Å². The zero-order chi connectivity index (χ0) is 12.0. The summed E-state index contributed by atoms with van der Waals surface area (Å²) in [6, 6.07) is 0. The highest BCUT2D eigenvalue weighted by atomic mass is 16.5. The topological polar surface area (TPSA) is 53.0 Å². The van der Waals surface area contributed by atoms with Crippen molar-refractivity contribution in [2.45, 2.75) is 18.9 Å². The fourth-order valence-corrected chi connectivity index (χ4v) is 1.77. The maximum atomic E-state index is 11.3. The van der Waals surface area contributed by atoms with Gasteiger partial charge in [-0.05, 0) is 13.0 Å². The average molecular weight is 230 g/mol. The lowest BCUT2D eigenvalue weighted by Gasteiger charge is -2.31. The van der Waals surface area contributed by atoms with Crippen LogP contribution < -0.4 is 0 Å². The van der Waals surface area contributed by atoms with Crippen molar-refractivity contribution >= 4 is 5.91 Å². The third-order valence-corrected chi connectivity index (χ3v) is 2.79. The summed E-state index contributed by atoms with van der Waals surface area (Å²) >= 11 is 0. The fourth-order valence-electron chi connectivity index (χ4n) is 1.77. The van der Waals surface area contributed by atoms with E-state index >= 15 is 0 Å². The quantitative estimate of drug-likeness (QED) is 0.695. The third-order valence-electron chi connectivity index (χ3n) is 2.79. The molecule has 0 saturated carbocycles. The molecule has 1 heterocycles. The fraction of sp³-hybridized carbons (Fsp3) is 0.909. The summed E-state index contributed by atoms with van der Waals surface area (Å²) in [5, 5.41) is 8.98. The van der Waals surface area contributed by atoms with Gasteiger partial charge in [0, 0.05) is 33.6 Å². The Balaban J connectivity index is 2.15. The molecule has 0 bridgehead atoms. The van der Waals surface area contributed by atoms with Gasteiger partial charge in [-0.15, -0.1) is 0 Å². The minimum Gasteiger partial charge on any atom is -0.394 e. The van der Waals surface area contributed by atoms with Gasteiger partial charge in [-0.25, -0.2) is 0 Å². The van der Waals surface area contributed by atoms with Crippen LogP contribution in [0, 0.1) is 0 Å². The largest absolute Gasteiger partial charge is 0.394 e. The Morgan fingerprint density at radius 2 is 2.31 bits per heavy atom. The van der Waals surface area contributed by atoms with E-state index in [2.05, 4.69) is 4.90 Å². The first-order valence-corrected chi connectivity index (χ1v) is 5.78. The molecule has 1 rings (SSSR count). The van der Waals surface area contributed by atoms with Crippen LogP contribution in [0.1, 0.15) is 12.8 Å². The predicted molar refractivity (Wildman–Crippen MR) is 61.2 cm³/mol. The Kier molecular flexibility index (Phi) is 5.73. The molecule has 0 radical (unpaired) electrons. The van der Waals surface area contributed by atoms with E-state index in [1.165, 1.54) is 0 Å². The molecule has 0 aromatic rings. The molecule has 1 aliphatic heterocycles. The average Bonchev–Trinajstić information content (AvgIpc) is 2.29. The van der Waals surface area contributed by atoms with Crippen molar-refractivity contribution in [2.75, 3.05) is 46.9 Å². The van der Waals surface area contributed by atoms with Crippen LogP contribution in [-0.2, 0) is 9.53 Å². The van der Waals surface area contributed by atoms with Crippen LogP contribution in [-0.4, -0.2) is 73.9 Å². The van der Waals surface area contributed by atoms with Gasteiger partial charge in [0.15, 0.2) is 0 Å². The van der Waals surface area contributed by atoms with E-state index in [0.29, 0.717) is 13.0 Å². The highest BCUT2D eigenvalue weighted by Crippen LogP contribution is 2.06. The summed E-state index contributed by atoms with van der Waals surface area (Å²) in [4.78, 5) is 15.2. The van der Waals surface area contributed by atoms with Gasteiger partial charge in [-0.3, -0.25) is 9.69 Å². The first-order valence-electron chi connectivity index (χ1n) is 5.78. The molecular weight excluding hydrogens is 208 g/mol. The summed E-state index contributed by atoms with van der Waals surface area (Å²) in [6.45, 7) is 3.32. The SMILES string of the molecule is CN(C)C(=O)CCCN1CCOC(CO)C1. The molecule has 0 aromatic heterocycles. The molecule has 1 saturated heterocycles. The summed E-state index contributed by atoms with van der Waals surface area (Å²) in [5.74, 6) is 0.173. The van der Waals surface area contributed by atoms with Crippen molar-refractivity contribution < 1.29 is 14.6 Å². The lowest BCUT2D eigenvalue weighted by molar-refractivity contribution is -0.128. The molecule has 1 fully saturated rings. The van der Waals surface area contributed by atoms with E-state index in [4.69, 9.17) is 9.84 Å². The standard InChI is InChI=1S/C11H22N2O3/c1-12(2)11(15)4-3-5-13-6-7-16-10(8-13)9-14/h10,14H,3-9H2,1-2H3. The molecule has 0 aliphatic carbocycles. The van der Waals surface area contributed by atoms with Crippen LogP contribution >= 0.6 is 0 Å². The number of amides is 1.